The van der Waals surface area contributed by atoms with E-state index in [1.807, 2.05) is 7.05 Å². The van der Waals surface area contributed by atoms with Gasteiger partial charge >= 0.3 is 0 Å². The molecular formula is C16H23N3O. The van der Waals surface area contributed by atoms with E-state index in [-0.39, 0.29) is 5.91 Å². The first-order valence-electron chi connectivity index (χ1n) is 7.14. The van der Waals surface area contributed by atoms with Crippen LogP contribution in [0.5, 0.6) is 0 Å². The van der Waals surface area contributed by atoms with Gasteiger partial charge in [-0.15, -0.1) is 0 Å². The average Bonchev–Trinajstić information content (AvgIpc) is 2.62. The highest BCUT2D eigenvalue weighted by Gasteiger charge is 2.19. The number of anilines is 1. The summed E-state index contributed by atoms with van der Waals surface area (Å²) in [6.07, 6.45) is 0.561. The molecule has 1 aliphatic heterocycles. The van der Waals surface area contributed by atoms with Gasteiger partial charge in [0.15, 0.2) is 0 Å². The van der Waals surface area contributed by atoms with Gasteiger partial charge in [0, 0.05) is 51.0 Å². The van der Waals surface area contributed by atoms with Crippen molar-refractivity contribution in [1.82, 2.24) is 9.80 Å². The van der Waals surface area contributed by atoms with Crippen LogP contribution >= 0.6 is 0 Å². The lowest BCUT2D eigenvalue weighted by Crippen LogP contribution is -2.29. The van der Waals surface area contributed by atoms with Gasteiger partial charge in [-0.2, -0.15) is 0 Å². The monoisotopic (exact) mass is 273 g/mol. The summed E-state index contributed by atoms with van der Waals surface area (Å²) in [4.78, 5) is 15.7. The minimum atomic E-state index is 0.211. The summed E-state index contributed by atoms with van der Waals surface area (Å²) < 4.78 is 0. The van der Waals surface area contributed by atoms with Gasteiger partial charge < -0.3 is 15.1 Å². The fourth-order valence-corrected chi connectivity index (χ4v) is 2.37. The minimum Gasteiger partial charge on any atom is -0.385 e. The van der Waals surface area contributed by atoms with E-state index in [2.05, 4.69) is 48.0 Å². The second kappa shape index (κ2) is 6.46. The third kappa shape index (κ3) is 3.32. The molecule has 108 valence electrons. The number of carbonyl (C=O) groups is 1. The molecule has 0 unspecified atom stereocenters. The van der Waals surface area contributed by atoms with Crippen molar-refractivity contribution in [3.63, 3.8) is 0 Å². The van der Waals surface area contributed by atoms with Crippen LogP contribution in [0, 0.1) is 0 Å². The van der Waals surface area contributed by atoms with E-state index >= 15 is 0 Å². The van der Waals surface area contributed by atoms with Crippen molar-refractivity contribution in [3.8, 4) is 0 Å². The van der Waals surface area contributed by atoms with Crippen LogP contribution < -0.4 is 5.32 Å². The normalized spacial score (nSPS) is 16.0. The van der Waals surface area contributed by atoms with Crippen molar-refractivity contribution in [2.75, 3.05) is 38.5 Å². The standard InChI is InChI=1S/C16H23N3O/c1-4-17-15-7-5-14(6-8-15)13(2)19-10-9-16(20)18(3)11-12-19/h5-8,17H,2,4,9-12H2,1,3H3. The largest absolute Gasteiger partial charge is 0.385 e. The van der Waals surface area contributed by atoms with Crippen LogP contribution in [0.25, 0.3) is 5.70 Å². The summed E-state index contributed by atoms with van der Waals surface area (Å²) in [5.41, 5.74) is 3.23. The van der Waals surface area contributed by atoms with Crippen LogP contribution in [0.4, 0.5) is 5.69 Å². The lowest BCUT2D eigenvalue weighted by molar-refractivity contribution is -0.129. The maximum atomic E-state index is 11.7. The number of nitrogens with one attached hydrogen (secondary N) is 1. The van der Waals surface area contributed by atoms with E-state index in [1.165, 1.54) is 0 Å². The first-order valence-corrected chi connectivity index (χ1v) is 7.14. The number of carbonyl (C=O) groups excluding carboxylic acids is 1. The summed E-state index contributed by atoms with van der Waals surface area (Å²) in [6, 6.07) is 8.30. The number of amides is 1. The predicted molar refractivity (Wildman–Crippen MR) is 83.5 cm³/mol. The summed E-state index contributed by atoms with van der Waals surface area (Å²) in [7, 11) is 1.86. The summed E-state index contributed by atoms with van der Waals surface area (Å²) in [6.45, 7) is 9.54. The number of rotatable bonds is 4. The molecule has 1 N–H and O–H groups in total. The number of likely N-dealkylation sites (N-methyl/N-ethyl adjacent to an activating group) is 1. The molecule has 20 heavy (non-hydrogen) atoms. The molecule has 1 heterocycles. The van der Waals surface area contributed by atoms with E-state index in [0.29, 0.717) is 6.42 Å². The molecule has 1 aromatic rings. The van der Waals surface area contributed by atoms with Crippen molar-refractivity contribution in [2.24, 2.45) is 0 Å². The Bertz CT molecular complexity index is 481. The van der Waals surface area contributed by atoms with Gasteiger partial charge in [0.05, 0.1) is 0 Å². The zero-order chi connectivity index (χ0) is 14.5. The molecule has 1 fully saturated rings. The Balaban J connectivity index is 2.04. The van der Waals surface area contributed by atoms with Gasteiger partial charge in [0.25, 0.3) is 0 Å². The molecule has 1 aromatic carbocycles. The lowest BCUT2D eigenvalue weighted by Gasteiger charge is -2.25. The van der Waals surface area contributed by atoms with Crippen molar-refractivity contribution >= 4 is 17.3 Å². The van der Waals surface area contributed by atoms with E-state index in [0.717, 1.165) is 43.1 Å². The third-order valence-corrected chi connectivity index (χ3v) is 3.71. The summed E-state index contributed by atoms with van der Waals surface area (Å²) in [5, 5.41) is 3.28. The third-order valence-electron chi connectivity index (χ3n) is 3.71. The predicted octanol–water partition coefficient (Wildman–Crippen LogP) is 2.25. The summed E-state index contributed by atoms with van der Waals surface area (Å²) in [5.74, 6) is 0.211. The van der Waals surface area contributed by atoms with Crippen molar-refractivity contribution in [1.29, 1.82) is 0 Å². The fourth-order valence-electron chi connectivity index (χ4n) is 2.37. The Kier molecular flexibility index (Phi) is 4.66. The SMILES string of the molecule is C=C(c1ccc(NCC)cc1)N1CCC(=O)N(C)CC1. The molecule has 1 saturated heterocycles. The van der Waals surface area contributed by atoms with Gasteiger partial charge in [0.1, 0.15) is 0 Å². The summed E-state index contributed by atoms with van der Waals surface area (Å²) >= 11 is 0. The average molecular weight is 273 g/mol. The quantitative estimate of drug-likeness (QED) is 0.914. The molecule has 1 amide bonds. The second-order valence-electron chi connectivity index (χ2n) is 5.11. The topological polar surface area (TPSA) is 35.6 Å². The van der Waals surface area contributed by atoms with Crippen LogP contribution in [0.1, 0.15) is 18.9 Å². The van der Waals surface area contributed by atoms with Crippen LogP contribution in [-0.2, 0) is 4.79 Å². The Labute approximate surface area is 121 Å². The molecule has 0 atom stereocenters. The van der Waals surface area contributed by atoms with E-state index in [4.69, 9.17) is 0 Å². The van der Waals surface area contributed by atoms with Gasteiger partial charge in [-0.3, -0.25) is 4.79 Å². The van der Waals surface area contributed by atoms with Crippen LogP contribution in [0.3, 0.4) is 0 Å². The molecule has 0 aromatic heterocycles. The maximum absolute atomic E-state index is 11.7. The second-order valence-corrected chi connectivity index (χ2v) is 5.11. The van der Waals surface area contributed by atoms with Crippen LogP contribution in [0.15, 0.2) is 30.8 Å². The van der Waals surface area contributed by atoms with Crippen LogP contribution in [0.2, 0.25) is 0 Å². The molecule has 4 heteroatoms. The highest BCUT2D eigenvalue weighted by molar-refractivity contribution is 5.77. The maximum Gasteiger partial charge on any atom is 0.224 e. The molecular weight excluding hydrogens is 250 g/mol. The fraction of sp³-hybridized carbons (Fsp3) is 0.438. The number of hydrogen-bond acceptors (Lipinski definition) is 3. The van der Waals surface area contributed by atoms with Gasteiger partial charge in [-0.25, -0.2) is 0 Å². The molecule has 0 bridgehead atoms. The molecule has 0 aliphatic carbocycles. The molecule has 4 nitrogen and oxygen atoms in total. The number of nitrogens with zero attached hydrogens (tertiary/aromatic N) is 2. The number of benzene rings is 1. The zero-order valence-corrected chi connectivity index (χ0v) is 12.4. The number of hydrogen-bond donors (Lipinski definition) is 1. The molecule has 2 rings (SSSR count). The van der Waals surface area contributed by atoms with E-state index in [9.17, 15) is 4.79 Å². The molecule has 0 spiro atoms. The van der Waals surface area contributed by atoms with Gasteiger partial charge in [0.2, 0.25) is 5.91 Å². The first-order chi connectivity index (χ1) is 9.61. The smallest absolute Gasteiger partial charge is 0.224 e. The zero-order valence-electron chi connectivity index (χ0n) is 12.4. The molecule has 0 radical (unpaired) electrons. The van der Waals surface area contributed by atoms with Crippen molar-refractivity contribution in [2.45, 2.75) is 13.3 Å². The lowest BCUT2D eigenvalue weighted by atomic mass is 10.1. The van der Waals surface area contributed by atoms with Gasteiger partial charge in [-0.05, 0) is 24.6 Å². The molecule has 1 aliphatic rings. The Morgan fingerprint density at radius 2 is 1.95 bits per heavy atom. The Morgan fingerprint density at radius 1 is 1.25 bits per heavy atom. The first kappa shape index (κ1) is 14.4. The van der Waals surface area contributed by atoms with Crippen molar-refractivity contribution < 1.29 is 4.79 Å². The van der Waals surface area contributed by atoms with E-state index < -0.39 is 0 Å². The molecule has 0 saturated carbocycles. The highest BCUT2D eigenvalue weighted by atomic mass is 16.2. The van der Waals surface area contributed by atoms with Gasteiger partial charge in [-0.1, -0.05) is 18.7 Å². The Morgan fingerprint density at radius 3 is 2.60 bits per heavy atom. The van der Waals surface area contributed by atoms with E-state index in [1.54, 1.807) is 4.90 Å². The Hall–Kier alpha value is -1.97. The minimum absolute atomic E-state index is 0.211. The van der Waals surface area contributed by atoms with Crippen LogP contribution in [-0.4, -0.2) is 48.9 Å². The highest BCUT2D eigenvalue weighted by Crippen LogP contribution is 2.21. The van der Waals surface area contributed by atoms with Crippen molar-refractivity contribution in [3.05, 3.63) is 36.4 Å².